The molecule has 5 rings (SSSR count). The number of nitrogens with one attached hydrogen (secondary N) is 2. The molecule has 33 heavy (non-hydrogen) atoms. The maximum atomic E-state index is 14.6. The van der Waals surface area contributed by atoms with E-state index in [9.17, 15) is 8.78 Å². The van der Waals surface area contributed by atoms with Crippen LogP contribution in [-0.4, -0.2) is 49.2 Å². The van der Waals surface area contributed by atoms with Crippen LogP contribution in [0.25, 0.3) is 11.3 Å². The van der Waals surface area contributed by atoms with Crippen LogP contribution in [0.5, 0.6) is 0 Å². The van der Waals surface area contributed by atoms with Crippen molar-refractivity contribution in [2.24, 2.45) is 0 Å². The summed E-state index contributed by atoms with van der Waals surface area (Å²) in [6.07, 6.45) is 1.73. The molecule has 1 unspecified atom stereocenters. The Morgan fingerprint density at radius 3 is 2.45 bits per heavy atom. The first-order valence-corrected chi connectivity index (χ1v) is 11.5. The normalized spacial score (nSPS) is 16.8. The van der Waals surface area contributed by atoms with Gasteiger partial charge in [0.25, 0.3) is 0 Å². The molecule has 9 heteroatoms. The third-order valence-electron chi connectivity index (χ3n) is 6.28. The average Bonchev–Trinajstić information content (AvgIpc) is 2.86. The van der Waals surface area contributed by atoms with E-state index in [0.717, 1.165) is 43.9 Å². The molecule has 2 aliphatic rings. The number of hydrogen-bond acceptors (Lipinski definition) is 6. The van der Waals surface area contributed by atoms with Crippen LogP contribution in [-0.2, 0) is 0 Å². The fourth-order valence-corrected chi connectivity index (χ4v) is 4.78. The van der Waals surface area contributed by atoms with Gasteiger partial charge in [0.1, 0.15) is 11.6 Å². The zero-order valence-electron chi connectivity index (χ0n) is 18.3. The van der Waals surface area contributed by atoms with Gasteiger partial charge in [-0.1, -0.05) is 23.7 Å². The van der Waals surface area contributed by atoms with Gasteiger partial charge in [-0.3, -0.25) is 0 Å². The molecule has 6 nitrogen and oxygen atoms in total. The maximum absolute atomic E-state index is 14.6. The van der Waals surface area contributed by atoms with Crippen molar-refractivity contribution in [3.8, 4) is 11.3 Å². The minimum atomic E-state index is -0.639. The number of nitrogens with zero attached hydrogens (tertiary/aromatic N) is 4. The largest absolute Gasteiger partial charge is 0.369 e. The minimum Gasteiger partial charge on any atom is -0.369 e. The Morgan fingerprint density at radius 1 is 0.970 bits per heavy atom. The lowest BCUT2D eigenvalue weighted by Gasteiger charge is -2.35. The number of fused-ring (bicyclic) bond motifs is 1. The first-order valence-electron chi connectivity index (χ1n) is 11.1. The topological polar surface area (TPSA) is 56.3 Å². The number of piperazine rings is 1. The second kappa shape index (κ2) is 9.11. The Hall–Kier alpha value is -2.97. The molecule has 0 aliphatic carbocycles. The lowest BCUT2D eigenvalue weighted by molar-refractivity contribution is 0.554. The molecular formula is C24H25ClF2N6. The second-order valence-electron chi connectivity index (χ2n) is 8.26. The van der Waals surface area contributed by atoms with Crippen LogP contribution < -0.4 is 20.4 Å². The SMILES string of the molecule is CC(c1c(F)ccc(F)c1Cl)N1CCNc2ncc(-c3ccc(N4CCNCC4)cc3)nc21. The lowest BCUT2D eigenvalue weighted by atomic mass is 10.0. The van der Waals surface area contributed by atoms with E-state index in [1.165, 1.54) is 5.69 Å². The highest BCUT2D eigenvalue weighted by Gasteiger charge is 2.29. The van der Waals surface area contributed by atoms with E-state index < -0.39 is 17.7 Å². The van der Waals surface area contributed by atoms with E-state index >= 15 is 0 Å². The van der Waals surface area contributed by atoms with Gasteiger partial charge in [-0.2, -0.15) is 0 Å². The Kier molecular flexibility index (Phi) is 6.03. The standard InChI is InChI=1S/C24H25ClF2N6/c1-15(21-18(26)6-7-19(27)22(21)25)33-13-10-29-23-24(33)31-20(14-30-23)16-2-4-17(5-3-16)32-11-8-28-9-12-32/h2-7,14-15,28H,8-13H2,1H3,(H,29,30). The molecule has 0 amide bonds. The van der Waals surface area contributed by atoms with Gasteiger partial charge >= 0.3 is 0 Å². The molecule has 0 spiro atoms. The first-order chi connectivity index (χ1) is 16.0. The van der Waals surface area contributed by atoms with Crippen molar-refractivity contribution in [1.29, 1.82) is 0 Å². The molecule has 1 aromatic heterocycles. The van der Waals surface area contributed by atoms with Crippen molar-refractivity contribution in [1.82, 2.24) is 15.3 Å². The van der Waals surface area contributed by atoms with Gasteiger partial charge in [0, 0.05) is 56.1 Å². The summed E-state index contributed by atoms with van der Waals surface area (Å²) in [6.45, 7) is 6.89. The van der Waals surface area contributed by atoms with E-state index in [-0.39, 0.29) is 10.6 Å². The quantitative estimate of drug-likeness (QED) is 0.548. The summed E-state index contributed by atoms with van der Waals surface area (Å²) in [5.41, 5.74) is 2.96. The zero-order chi connectivity index (χ0) is 22.9. The molecule has 1 fully saturated rings. The summed E-state index contributed by atoms with van der Waals surface area (Å²) >= 11 is 6.14. The molecule has 3 heterocycles. The molecule has 1 saturated heterocycles. The third kappa shape index (κ3) is 4.20. The first kappa shape index (κ1) is 21.9. The molecular weight excluding hydrogens is 446 g/mol. The predicted molar refractivity (Wildman–Crippen MR) is 128 cm³/mol. The Morgan fingerprint density at radius 2 is 1.70 bits per heavy atom. The van der Waals surface area contributed by atoms with Crippen molar-refractivity contribution in [2.45, 2.75) is 13.0 Å². The van der Waals surface area contributed by atoms with Crippen molar-refractivity contribution in [3.05, 3.63) is 64.8 Å². The van der Waals surface area contributed by atoms with E-state index in [1.807, 2.05) is 17.0 Å². The summed E-state index contributed by atoms with van der Waals surface area (Å²) in [5.74, 6) is 0.0284. The van der Waals surface area contributed by atoms with Crippen molar-refractivity contribution >= 4 is 28.9 Å². The number of aromatic nitrogens is 2. The highest BCUT2D eigenvalue weighted by atomic mass is 35.5. The highest BCUT2D eigenvalue weighted by molar-refractivity contribution is 6.31. The molecule has 2 aromatic carbocycles. The smallest absolute Gasteiger partial charge is 0.172 e. The van der Waals surface area contributed by atoms with Crippen LogP contribution in [0, 0.1) is 11.6 Å². The van der Waals surface area contributed by atoms with Crippen LogP contribution >= 0.6 is 11.6 Å². The van der Waals surface area contributed by atoms with Gasteiger partial charge in [0.15, 0.2) is 11.6 Å². The molecule has 2 aliphatic heterocycles. The van der Waals surface area contributed by atoms with Crippen LogP contribution in [0.3, 0.4) is 0 Å². The molecule has 172 valence electrons. The van der Waals surface area contributed by atoms with Gasteiger partial charge in [0.05, 0.1) is 23.0 Å². The van der Waals surface area contributed by atoms with Crippen molar-refractivity contribution < 1.29 is 8.78 Å². The van der Waals surface area contributed by atoms with Gasteiger partial charge < -0.3 is 20.4 Å². The van der Waals surface area contributed by atoms with Crippen LogP contribution in [0.2, 0.25) is 5.02 Å². The molecule has 0 radical (unpaired) electrons. The average molecular weight is 471 g/mol. The van der Waals surface area contributed by atoms with Crippen molar-refractivity contribution in [3.63, 3.8) is 0 Å². The van der Waals surface area contributed by atoms with Crippen LogP contribution in [0.1, 0.15) is 18.5 Å². The second-order valence-corrected chi connectivity index (χ2v) is 8.64. The van der Waals surface area contributed by atoms with E-state index in [1.54, 1.807) is 13.1 Å². The third-order valence-corrected chi connectivity index (χ3v) is 6.67. The van der Waals surface area contributed by atoms with Gasteiger partial charge in [0.2, 0.25) is 0 Å². The summed E-state index contributed by atoms with van der Waals surface area (Å²) in [6, 6.07) is 9.92. The summed E-state index contributed by atoms with van der Waals surface area (Å²) in [7, 11) is 0. The van der Waals surface area contributed by atoms with Gasteiger partial charge in [-0.05, 0) is 31.2 Å². The number of benzene rings is 2. The number of hydrogen-bond donors (Lipinski definition) is 2. The van der Waals surface area contributed by atoms with Gasteiger partial charge in [-0.25, -0.2) is 18.7 Å². The Labute approximate surface area is 196 Å². The predicted octanol–water partition coefficient (Wildman–Crippen LogP) is 4.48. The maximum Gasteiger partial charge on any atom is 0.172 e. The monoisotopic (exact) mass is 470 g/mol. The molecule has 2 N–H and O–H groups in total. The molecule has 3 aromatic rings. The molecule has 0 saturated carbocycles. The number of rotatable bonds is 4. The van der Waals surface area contributed by atoms with Gasteiger partial charge in [-0.15, -0.1) is 0 Å². The lowest BCUT2D eigenvalue weighted by Crippen LogP contribution is -2.43. The minimum absolute atomic E-state index is 0.122. The Bertz CT molecular complexity index is 1150. The fourth-order valence-electron chi connectivity index (χ4n) is 4.47. The van der Waals surface area contributed by atoms with E-state index in [0.29, 0.717) is 30.4 Å². The highest BCUT2D eigenvalue weighted by Crippen LogP contribution is 2.38. The molecule has 0 bridgehead atoms. The van der Waals surface area contributed by atoms with Crippen molar-refractivity contribution in [2.75, 3.05) is 54.4 Å². The summed E-state index contributed by atoms with van der Waals surface area (Å²) in [4.78, 5) is 13.7. The van der Waals surface area contributed by atoms with E-state index in [4.69, 9.17) is 16.6 Å². The number of anilines is 3. The zero-order valence-corrected chi connectivity index (χ0v) is 19.0. The Balaban J connectivity index is 1.46. The summed E-state index contributed by atoms with van der Waals surface area (Å²) < 4.78 is 28.7. The molecule has 1 atom stereocenters. The van der Waals surface area contributed by atoms with E-state index in [2.05, 4.69) is 32.7 Å². The van der Waals surface area contributed by atoms with Crippen LogP contribution in [0.15, 0.2) is 42.6 Å². The number of halogens is 3. The van der Waals surface area contributed by atoms with Crippen LogP contribution in [0.4, 0.5) is 26.1 Å². The summed E-state index contributed by atoms with van der Waals surface area (Å²) in [5, 5.41) is 6.41. The fraction of sp³-hybridized carbons (Fsp3) is 0.333.